The molecule has 0 unspecified atom stereocenters. The Balaban J connectivity index is 2.33. The monoisotopic (exact) mass is 334 g/mol. The van der Waals surface area contributed by atoms with Crippen molar-refractivity contribution in [2.45, 2.75) is 19.8 Å². The van der Waals surface area contributed by atoms with Crippen molar-refractivity contribution in [3.63, 3.8) is 0 Å². The second kappa shape index (κ2) is 7.39. The Bertz CT molecular complexity index is 580. The first-order valence-electron chi connectivity index (χ1n) is 6.97. The molecule has 1 aromatic carbocycles. The molecule has 1 heterocycles. The Kier molecular flexibility index (Phi) is 5.53. The molecule has 0 spiro atoms. The van der Waals surface area contributed by atoms with Gasteiger partial charge in [0.05, 0.1) is 11.1 Å². The van der Waals surface area contributed by atoms with Crippen LogP contribution in [0.2, 0.25) is 0 Å². The molecular formula is C16H19BrN2O. The normalized spacial score (nSPS) is 10.7. The van der Waals surface area contributed by atoms with Gasteiger partial charge in [-0.05, 0) is 18.6 Å². The topological polar surface area (TPSA) is 33.2 Å². The van der Waals surface area contributed by atoms with Crippen molar-refractivity contribution in [1.29, 1.82) is 0 Å². The summed E-state index contributed by atoms with van der Waals surface area (Å²) in [4.78, 5) is 19.0. The molecule has 0 aliphatic rings. The van der Waals surface area contributed by atoms with Gasteiger partial charge < -0.3 is 4.90 Å². The van der Waals surface area contributed by atoms with Crippen LogP contribution in [0, 0.1) is 0 Å². The Hall–Kier alpha value is -1.42. The second-order valence-corrected chi connectivity index (χ2v) is 5.50. The highest BCUT2D eigenvalue weighted by atomic mass is 79.9. The Labute approximate surface area is 128 Å². The maximum Gasteiger partial charge on any atom is 0.254 e. The van der Waals surface area contributed by atoms with Crippen molar-refractivity contribution in [2.24, 2.45) is 0 Å². The molecule has 0 radical (unpaired) electrons. The minimum Gasteiger partial charge on any atom is -0.338 e. The Morgan fingerprint density at radius 1 is 1.25 bits per heavy atom. The van der Waals surface area contributed by atoms with Gasteiger partial charge in [0.1, 0.15) is 0 Å². The molecule has 0 aliphatic heterocycles. The van der Waals surface area contributed by atoms with Crippen molar-refractivity contribution in [2.75, 3.05) is 18.4 Å². The summed E-state index contributed by atoms with van der Waals surface area (Å²) in [6.45, 7) is 3.67. The number of benzene rings is 1. The third kappa shape index (κ3) is 3.37. The van der Waals surface area contributed by atoms with Gasteiger partial charge in [0.2, 0.25) is 0 Å². The molecule has 0 N–H and O–H groups in total. The number of halogens is 1. The van der Waals surface area contributed by atoms with E-state index in [-0.39, 0.29) is 5.91 Å². The fourth-order valence-electron chi connectivity index (χ4n) is 2.22. The number of pyridine rings is 1. The van der Waals surface area contributed by atoms with Crippen LogP contribution in [0.1, 0.15) is 30.1 Å². The SMILES string of the molecule is CCCCN(CCBr)C(=O)c1ccnc2ccccc12. The number of hydrogen-bond donors (Lipinski definition) is 0. The number of alkyl halides is 1. The van der Waals surface area contributed by atoms with E-state index in [1.165, 1.54) is 0 Å². The molecule has 0 saturated heterocycles. The summed E-state index contributed by atoms with van der Waals surface area (Å²) in [6.07, 6.45) is 3.83. The molecule has 20 heavy (non-hydrogen) atoms. The molecular weight excluding hydrogens is 316 g/mol. The first-order chi connectivity index (χ1) is 9.77. The molecule has 0 aliphatic carbocycles. The van der Waals surface area contributed by atoms with Crippen LogP contribution >= 0.6 is 15.9 Å². The minimum atomic E-state index is 0.0940. The molecule has 0 fully saturated rings. The lowest BCUT2D eigenvalue weighted by Gasteiger charge is -2.22. The first-order valence-corrected chi connectivity index (χ1v) is 8.09. The molecule has 3 nitrogen and oxygen atoms in total. The van der Waals surface area contributed by atoms with Gasteiger partial charge in [-0.3, -0.25) is 9.78 Å². The average molecular weight is 335 g/mol. The van der Waals surface area contributed by atoms with Crippen molar-refractivity contribution in [1.82, 2.24) is 9.88 Å². The number of amides is 1. The summed E-state index contributed by atoms with van der Waals surface area (Å²) >= 11 is 3.43. The maximum absolute atomic E-state index is 12.7. The smallest absolute Gasteiger partial charge is 0.254 e. The molecule has 0 saturated carbocycles. The Morgan fingerprint density at radius 2 is 2.05 bits per heavy atom. The van der Waals surface area contributed by atoms with Crippen molar-refractivity contribution in [3.05, 3.63) is 42.1 Å². The van der Waals surface area contributed by atoms with Crippen LogP contribution in [0.5, 0.6) is 0 Å². The van der Waals surface area contributed by atoms with Gasteiger partial charge >= 0.3 is 0 Å². The number of fused-ring (bicyclic) bond motifs is 1. The Morgan fingerprint density at radius 3 is 2.80 bits per heavy atom. The summed E-state index contributed by atoms with van der Waals surface area (Å²) in [6, 6.07) is 9.60. The zero-order valence-corrected chi connectivity index (χ0v) is 13.3. The predicted molar refractivity (Wildman–Crippen MR) is 86.3 cm³/mol. The molecule has 1 amide bonds. The van der Waals surface area contributed by atoms with Crippen LogP contribution in [0.4, 0.5) is 0 Å². The lowest BCUT2D eigenvalue weighted by molar-refractivity contribution is 0.0766. The molecule has 4 heteroatoms. The molecule has 2 rings (SSSR count). The van der Waals surface area contributed by atoms with E-state index in [0.29, 0.717) is 0 Å². The standard InChI is InChI=1S/C16H19BrN2O/c1-2-3-11-19(12-9-17)16(20)14-8-10-18-15-7-5-4-6-13(14)15/h4-8,10H,2-3,9,11-12H2,1H3. The number of para-hydroxylation sites is 1. The number of hydrogen-bond acceptors (Lipinski definition) is 2. The molecule has 1 aromatic heterocycles. The number of carbonyl (C=O) groups is 1. The number of nitrogens with zero attached hydrogens (tertiary/aromatic N) is 2. The van der Waals surface area contributed by atoms with Gasteiger partial charge in [-0.15, -0.1) is 0 Å². The van der Waals surface area contributed by atoms with Gasteiger partial charge in [-0.1, -0.05) is 47.5 Å². The van der Waals surface area contributed by atoms with Crippen molar-refractivity contribution < 1.29 is 4.79 Å². The fourth-order valence-corrected chi connectivity index (χ4v) is 2.65. The third-order valence-electron chi connectivity index (χ3n) is 3.30. The highest BCUT2D eigenvalue weighted by Gasteiger charge is 2.17. The fraction of sp³-hybridized carbons (Fsp3) is 0.375. The van der Waals surface area contributed by atoms with Crippen LogP contribution in [0.3, 0.4) is 0 Å². The highest BCUT2D eigenvalue weighted by Crippen LogP contribution is 2.18. The van der Waals surface area contributed by atoms with Gasteiger partial charge in [-0.2, -0.15) is 0 Å². The van der Waals surface area contributed by atoms with Crippen LogP contribution < -0.4 is 0 Å². The lowest BCUT2D eigenvalue weighted by atomic mass is 10.1. The maximum atomic E-state index is 12.7. The van der Waals surface area contributed by atoms with Crippen LogP contribution in [0.25, 0.3) is 10.9 Å². The second-order valence-electron chi connectivity index (χ2n) is 4.71. The number of aromatic nitrogens is 1. The van der Waals surface area contributed by atoms with Gasteiger partial charge in [0.15, 0.2) is 0 Å². The van der Waals surface area contributed by atoms with Crippen LogP contribution in [-0.4, -0.2) is 34.2 Å². The quantitative estimate of drug-likeness (QED) is 0.751. The number of carbonyl (C=O) groups excluding carboxylic acids is 1. The predicted octanol–water partition coefficient (Wildman–Crippen LogP) is 3.87. The highest BCUT2D eigenvalue weighted by molar-refractivity contribution is 9.09. The zero-order valence-electron chi connectivity index (χ0n) is 11.7. The molecule has 106 valence electrons. The van der Waals surface area contributed by atoms with Crippen molar-refractivity contribution >= 4 is 32.7 Å². The molecule has 0 bridgehead atoms. The summed E-state index contributed by atoms with van der Waals surface area (Å²) in [5.41, 5.74) is 1.61. The number of rotatable bonds is 6. The van der Waals surface area contributed by atoms with Gasteiger partial charge in [-0.25, -0.2) is 0 Å². The summed E-state index contributed by atoms with van der Waals surface area (Å²) in [5.74, 6) is 0.0940. The zero-order chi connectivity index (χ0) is 14.4. The largest absolute Gasteiger partial charge is 0.338 e. The van der Waals surface area contributed by atoms with Gasteiger partial charge in [0.25, 0.3) is 5.91 Å². The van der Waals surface area contributed by atoms with E-state index in [1.807, 2.05) is 35.2 Å². The summed E-state index contributed by atoms with van der Waals surface area (Å²) in [5, 5.41) is 1.72. The van der Waals surface area contributed by atoms with Crippen LogP contribution in [-0.2, 0) is 0 Å². The van der Waals surface area contributed by atoms with Crippen molar-refractivity contribution in [3.8, 4) is 0 Å². The number of unbranched alkanes of at least 4 members (excludes halogenated alkanes) is 1. The summed E-state index contributed by atoms with van der Waals surface area (Å²) in [7, 11) is 0. The van der Waals surface area contributed by atoms with E-state index in [1.54, 1.807) is 6.20 Å². The van der Waals surface area contributed by atoms with Gasteiger partial charge in [0, 0.05) is 30.0 Å². The van der Waals surface area contributed by atoms with E-state index in [0.717, 1.165) is 47.7 Å². The molecule has 2 aromatic rings. The third-order valence-corrected chi connectivity index (χ3v) is 3.66. The van der Waals surface area contributed by atoms with E-state index in [2.05, 4.69) is 27.8 Å². The lowest BCUT2D eigenvalue weighted by Crippen LogP contribution is -2.33. The minimum absolute atomic E-state index is 0.0940. The van der Waals surface area contributed by atoms with E-state index < -0.39 is 0 Å². The van der Waals surface area contributed by atoms with E-state index in [9.17, 15) is 4.79 Å². The van der Waals surface area contributed by atoms with Crippen LogP contribution in [0.15, 0.2) is 36.5 Å². The van der Waals surface area contributed by atoms with E-state index in [4.69, 9.17) is 0 Å². The average Bonchev–Trinajstić information content (AvgIpc) is 2.50. The summed E-state index contributed by atoms with van der Waals surface area (Å²) < 4.78 is 0. The first kappa shape index (κ1) is 15.0. The van der Waals surface area contributed by atoms with E-state index >= 15 is 0 Å². The molecule has 0 atom stereocenters.